The van der Waals surface area contributed by atoms with E-state index in [0.29, 0.717) is 0 Å². The highest BCUT2D eigenvalue weighted by atomic mass is 16.4. The molecule has 1 heterocycles. The number of rotatable bonds is 8. The zero-order chi connectivity index (χ0) is 15.8. The lowest BCUT2D eigenvalue weighted by molar-refractivity contribution is -0.137. The fraction of sp³-hybridized carbons (Fsp3) is 0.588. The fourth-order valence-corrected chi connectivity index (χ4v) is 2.79. The molecule has 0 saturated carbocycles. The molecule has 5 heteroatoms. The first-order chi connectivity index (χ1) is 10.6. The Morgan fingerprint density at radius 3 is 2.45 bits per heavy atom. The molecule has 0 bridgehead atoms. The van der Waals surface area contributed by atoms with Crippen LogP contribution in [0.3, 0.4) is 0 Å². The van der Waals surface area contributed by atoms with Gasteiger partial charge in [0.15, 0.2) is 0 Å². The smallest absolute Gasteiger partial charge is 0.303 e. The third-order valence-electron chi connectivity index (χ3n) is 4.22. The molecule has 122 valence electrons. The highest BCUT2D eigenvalue weighted by molar-refractivity contribution is 5.66. The van der Waals surface area contributed by atoms with Gasteiger partial charge in [0.05, 0.1) is 0 Å². The van der Waals surface area contributed by atoms with E-state index in [1.807, 2.05) is 0 Å². The quantitative estimate of drug-likeness (QED) is 0.790. The predicted octanol–water partition coefficient (Wildman–Crippen LogP) is 1.61. The number of carbonyl (C=O) groups is 1. The molecule has 1 aromatic carbocycles. The molecular formula is C17H27N3O2. The number of aliphatic carboxylic acids is 1. The molecule has 0 aliphatic carbocycles. The van der Waals surface area contributed by atoms with Gasteiger partial charge in [0.1, 0.15) is 0 Å². The van der Waals surface area contributed by atoms with E-state index in [-0.39, 0.29) is 6.42 Å². The van der Waals surface area contributed by atoms with Crippen LogP contribution in [0.15, 0.2) is 30.3 Å². The average Bonchev–Trinajstić information content (AvgIpc) is 2.54. The van der Waals surface area contributed by atoms with Gasteiger partial charge < -0.3 is 14.9 Å². The highest BCUT2D eigenvalue weighted by Gasteiger charge is 2.17. The van der Waals surface area contributed by atoms with Crippen LogP contribution >= 0.6 is 0 Å². The fourth-order valence-electron chi connectivity index (χ4n) is 2.79. The van der Waals surface area contributed by atoms with E-state index in [4.69, 9.17) is 5.11 Å². The van der Waals surface area contributed by atoms with E-state index < -0.39 is 5.97 Å². The molecule has 1 aliphatic rings. The Bertz CT molecular complexity index is 444. The van der Waals surface area contributed by atoms with Crippen LogP contribution in [0.1, 0.15) is 12.8 Å². The topological polar surface area (TPSA) is 47.0 Å². The van der Waals surface area contributed by atoms with Gasteiger partial charge in [-0.05, 0) is 32.1 Å². The molecule has 0 atom stereocenters. The Labute approximate surface area is 133 Å². The Morgan fingerprint density at radius 2 is 1.82 bits per heavy atom. The van der Waals surface area contributed by atoms with Crippen molar-refractivity contribution in [3.8, 4) is 0 Å². The maximum absolute atomic E-state index is 10.5. The van der Waals surface area contributed by atoms with E-state index in [9.17, 15) is 4.79 Å². The van der Waals surface area contributed by atoms with Crippen molar-refractivity contribution in [2.75, 3.05) is 57.8 Å². The summed E-state index contributed by atoms with van der Waals surface area (Å²) < 4.78 is 0. The van der Waals surface area contributed by atoms with Gasteiger partial charge in [-0.3, -0.25) is 9.69 Å². The Hall–Kier alpha value is -1.59. The normalized spacial score (nSPS) is 16.2. The summed E-state index contributed by atoms with van der Waals surface area (Å²) in [5.74, 6) is -0.703. The largest absolute Gasteiger partial charge is 0.481 e. The molecule has 1 aromatic rings. The maximum Gasteiger partial charge on any atom is 0.303 e. The van der Waals surface area contributed by atoms with Crippen molar-refractivity contribution in [1.82, 2.24) is 9.80 Å². The van der Waals surface area contributed by atoms with Gasteiger partial charge in [0.25, 0.3) is 0 Å². The summed E-state index contributed by atoms with van der Waals surface area (Å²) in [5.41, 5.74) is 1.31. The van der Waals surface area contributed by atoms with Gasteiger partial charge in [-0.15, -0.1) is 0 Å². The molecule has 1 fully saturated rings. The highest BCUT2D eigenvalue weighted by Crippen LogP contribution is 2.15. The van der Waals surface area contributed by atoms with E-state index in [2.05, 4.69) is 52.1 Å². The number of piperazine rings is 1. The van der Waals surface area contributed by atoms with E-state index >= 15 is 0 Å². The van der Waals surface area contributed by atoms with Crippen LogP contribution in [0.5, 0.6) is 0 Å². The number of benzene rings is 1. The van der Waals surface area contributed by atoms with Gasteiger partial charge >= 0.3 is 5.97 Å². The summed E-state index contributed by atoms with van der Waals surface area (Å²) in [5, 5.41) is 8.65. The summed E-state index contributed by atoms with van der Waals surface area (Å²) in [6, 6.07) is 10.6. The number of para-hydroxylation sites is 1. The van der Waals surface area contributed by atoms with E-state index in [1.165, 1.54) is 5.69 Å². The van der Waals surface area contributed by atoms with Gasteiger partial charge in [0.2, 0.25) is 0 Å². The lowest BCUT2D eigenvalue weighted by Gasteiger charge is -2.36. The summed E-state index contributed by atoms with van der Waals surface area (Å²) in [7, 11) is 2.07. The summed E-state index contributed by atoms with van der Waals surface area (Å²) >= 11 is 0. The Balaban J connectivity index is 1.62. The predicted molar refractivity (Wildman–Crippen MR) is 89.5 cm³/mol. The molecule has 2 rings (SSSR count). The second kappa shape index (κ2) is 8.76. The number of nitrogens with zero attached hydrogens (tertiary/aromatic N) is 3. The molecule has 0 amide bonds. The van der Waals surface area contributed by atoms with Crippen molar-refractivity contribution >= 4 is 11.7 Å². The van der Waals surface area contributed by atoms with Crippen LogP contribution < -0.4 is 4.90 Å². The van der Waals surface area contributed by atoms with Crippen LogP contribution in [-0.2, 0) is 4.79 Å². The number of carboxylic acid groups (broad SMARTS) is 1. The van der Waals surface area contributed by atoms with Gasteiger partial charge in [-0.25, -0.2) is 0 Å². The van der Waals surface area contributed by atoms with Crippen molar-refractivity contribution in [3.63, 3.8) is 0 Å². The first-order valence-corrected chi connectivity index (χ1v) is 8.08. The van der Waals surface area contributed by atoms with Gasteiger partial charge in [0, 0.05) is 51.4 Å². The summed E-state index contributed by atoms with van der Waals surface area (Å²) in [6.07, 6.45) is 0.994. The monoisotopic (exact) mass is 305 g/mol. The second-order valence-electron chi connectivity index (χ2n) is 5.96. The molecule has 1 N–H and O–H groups in total. The number of likely N-dealkylation sites (N-methyl/N-ethyl adjacent to an activating group) is 1. The van der Waals surface area contributed by atoms with Crippen LogP contribution in [0, 0.1) is 0 Å². The first kappa shape index (κ1) is 16.8. The van der Waals surface area contributed by atoms with E-state index in [0.717, 1.165) is 52.2 Å². The molecule has 1 aliphatic heterocycles. The molecule has 0 aromatic heterocycles. The molecule has 1 saturated heterocycles. The lowest BCUT2D eigenvalue weighted by Crippen LogP contribution is -2.48. The minimum absolute atomic E-state index is 0.264. The van der Waals surface area contributed by atoms with Crippen LogP contribution in [0.25, 0.3) is 0 Å². The number of hydrogen-bond donors (Lipinski definition) is 1. The maximum atomic E-state index is 10.5. The summed E-state index contributed by atoms with van der Waals surface area (Å²) in [4.78, 5) is 17.7. The Kier molecular flexibility index (Phi) is 6.68. The zero-order valence-electron chi connectivity index (χ0n) is 13.4. The third kappa shape index (κ3) is 5.66. The third-order valence-corrected chi connectivity index (χ3v) is 4.22. The van der Waals surface area contributed by atoms with Crippen molar-refractivity contribution < 1.29 is 9.90 Å². The standard InChI is InChI=1S/C17H27N3O2/c1-18(9-5-8-17(21)22)10-11-19-12-14-20(15-13-19)16-6-3-2-4-7-16/h2-4,6-7H,5,8-15H2,1H3,(H,21,22). The van der Waals surface area contributed by atoms with Crippen LogP contribution in [0.2, 0.25) is 0 Å². The minimum atomic E-state index is -0.703. The number of hydrogen-bond acceptors (Lipinski definition) is 4. The van der Waals surface area contributed by atoms with Crippen molar-refractivity contribution in [3.05, 3.63) is 30.3 Å². The minimum Gasteiger partial charge on any atom is -0.481 e. The molecule has 22 heavy (non-hydrogen) atoms. The van der Waals surface area contributed by atoms with E-state index in [1.54, 1.807) is 0 Å². The van der Waals surface area contributed by atoms with Gasteiger partial charge in [-0.1, -0.05) is 18.2 Å². The molecule has 5 nitrogen and oxygen atoms in total. The Morgan fingerprint density at radius 1 is 1.14 bits per heavy atom. The van der Waals surface area contributed by atoms with Crippen molar-refractivity contribution in [2.24, 2.45) is 0 Å². The molecule has 0 radical (unpaired) electrons. The van der Waals surface area contributed by atoms with Crippen molar-refractivity contribution in [1.29, 1.82) is 0 Å². The first-order valence-electron chi connectivity index (χ1n) is 8.08. The van der Waals surface area contributed by atoms with Crippen LogP contribution in [-0.4, -0.2) is 73.7 Å². The number of carboxylic acids is 1. The lowest BCUT2D eigenvalue weighted by atomic mass is 10.2. The van der Waals surface area contributed by atoms with Crippen LogP contribution in [0.4, 0.5) is 5.69 Å². The van der Waals surface area contributed by atoms with Gasteiger partial charge in [-0.2, -0.15) is 0 Å². The molecule has 0 unspecified atom stereocenters. The second-order valence-corrected chi connectivity index (χ2v) is 5.96. The molecular weight excluding hydrogens is 278 g/mol. The molecule has 0 spiro atoms. The number of anilines is 1. The summed E-state index contributed by atoms with van der Waals surface area (Å²) in [6.45, 7) is 7.27. The van der Waals surface area contributed by atoms with Crippen molar-refractivity contribution in [2.45, 2.75) is 12.8 Å². The zero-order valence-corrected chi connectivity index (χ0v) is 13.4. The average molecular weight is 305 g/mol. The SMILES string of the molecule is CN(CCCC(=O)O)CCN1CCN(c2ccccc2)CC1.